The fraction of sp³-hybridized carbons (Fsp3) is 0.100. The Morgan fingerprint density at radius 3 is 2.60 bits per heavy atom. The second-order valence-corrected chi connectivity index (χ2v) is 4.37. The summed E-state index contributed by atoms with van der Waals surface area (Å²) < 4.78 is 29.2. The zero-order chi connectivity index (χ0) is 10.7. The van der Waals surface area contributed by atoms with Crippen LogP contribution in [0, 0.1) is 5.82 Å². The summed E-state index contributed by atoms with van der Waals surface area (Å²) in [6.45, 7) is 0. The molecule has 1 atom stereocenters. The molecule has 0 radical (unpaired) electrons. The number of halogens is 1. The van der Waals surface area contributed by atoms with Gasteiger partial charge in [0.05, 0.1) is 22.7 Å². The van der Waals surface area contributed by atoms with E-state index >= 15 is 0 Å². The van der Waals surface area contributed by atoms with Gasteiger partial charge in [-0.1, -0.05) is 5.16 Å². The number of rotatable bonds is 3. The van der Waals surface area contributed by atoms with Crippen molar-refractivity contribution in [2.75, 3.05) is 0 Å². The molecule has 0 aliphatic heterocycles. The Bertz CT molecular complexity index is 453. The van der Waals surface area contributed by atoms with Crippen molar-refractivity contribution in [3.05, 3.63) is 48.1 Å². The second kappa shape index (κ2) is 4.35. The highest BCUT2D eigenvalue weighted by molar-refractivity contribution is 7.84. The molecule has 1 heterocycles. The monoisotopic (exact) mass is 225 g/mol. The fourth-order valence-corrected chi connectivity index (χ4v) is 2.13. The highest BCUT2D eigenvalue weighted by Gasteiger charge is 2.07. The van der Waals surface area contributed by atoms with Crippen LogP contribution in [-0.4, -0.2) is 9.37 Å². The summed E-state index contributed by atoms with van der Waals surface area (Å²) in [6, 6.07) is 7.23. The van der Waals surface area contributed by atoms with E-state index in [0.29, 0.717) is 10.7 Å². The maximum Gasteiger partial charge on any atom is 0.149 e. The van der Waals surface area contributed by atoms with E-state index in [-0.39, 0.29) is 11.6 Å². The van der Waals surface area contributed by atoms with Crippen LogP contribution in [0.1, 0.15) is 5.76 Å². The molecule has 3 nitrogen and oxygen atoms in total. The van der Waals surface area contributed by atoms with Gasteiger partial charge in [0.25, 0.3) is 0 Å². The molecule has 2 aromatic rings. The zero-order valence-electron chi connectivity index (χ0n) is 7.72. The van der Waals surface area contributed by atoms with Gasteiger partial charge in [0, 0.05) is 11.0 Å². The van der Waals surface area contributed by atoms with Crippen molar-refractivity contribution in [2.45, 2.75) is 10.6 Å². The number of nitrogens with zero attached hydrogens (tertiary/aromatic N) is 1. The summed E-state index contributed by atoms with van der Waals surface area (Å²) in [6.07, 6.45) is 1.50. The van der Waals surface area contributed by atoms with E-state index in [1.807, 2.05) is 0 Å². The second-order valence-electron chi connectivity index (χ2n) is 2.92. The first-order valence-corrected chi connectivity index (χ1v) is 5.61. The van der Waals surface area contributed by atoms with Gasteiger partial charge in [-0.15, -0.1) is 0 Å². The average molecular weight is 225 g/mol. The Morgan fingerprint density at radius 2 is 2.00 bits per heavy atom. The zero-order valence-corrected chi connectivity index (χ0v) is 8.54. The molecule has 78 valence electrons. The number of hydrogen-bond acceptors (Lipinski definition) is 3. The lowest BCUT2D eigenvalue weighted by molar-refractivity contribution is 0.394. The van der Waals surface area contributed by atoms with E-state index in [1.165, 1.54) is 30.5 Å². The summed E-state index contributed by atoms with van der Waals surface area (Å²) in [5.74, 6) is 0.471. The molecular formula is C10H8FNO2S. The SMILES string of the molecule is O=S(Cc1ccno1)c1ccc(F)cc1. The van der Waals surface area contributed by atoms with Crippen LogP contribution in [0.2, 0.25) is 0 Å². The van der Waals surface area contributed by atoms with Gasteiger partial charge in [0.1, 0.15) is 11.6 Å². The van der Waals surface area contributed by atoms with Crippen LogP contribution in [0.5, 0.6) is 0 Å². The maximum absolute atomic E-state index is 12.6. The summed E-state index contributed by atoms with van der Waals surface area (Å²) in [5.41, 5.74) is 0. The smallest absolute Gasteiger partial charge is 0.149 e. The summed E-state index contributed by atoms with van der Waals surface area (Å²) in [7, 11) is -1.22. The minimum absolute atomic E-state index is 0.256. The normalized spacial score (nSPS) is 12.6. The first-order chi connectivity index (χ1) is 7.25. The lowest BCUT2D eigenvalue weighted by Gasteiger charge is -1.98. The Hall–Kier alpha value is -1.49. The van der Waals surface area contributed by atoms with Gasteiger partial charge in [-0.25, -0.2) is 4.39 Å². The van der Waals surface area contributed by atoms with E-state index in [9.17, 15) is 8.60 Å². The molecule has 0 fully saturated rings. The van der Waals surface area contributed by atoms with Gasteiger partial charge < -0.3 is 4.52 Å². The molecule has 0 saturated carbocycles. The average Bonchev–Trinajstić information content (AvgIpc) is 2.71. The molecule has 0 aliphatic carbocycles. The quantitative estimate of drug-likeness (QED) is 0.803. The molecule has 0 bridgehead atoms. The summed E-state index contributed by atoms with van der Waals surface area (Å²) in [5, 5.41) is 3.51. The number of hydrogen-bond donors (Lipinski definition) is 0. The first kappa shape index (κ1) is 10.0. The van der Waals surface area contributed by atoms with Crippen molar-refractivity contribution < 1.29 is 13.1 Å². The lowest BCUT2D eigenvalue weighted by Crippen LogP contribution is -1.95. The van der Waals surface area contributed by atoms with E-state index < -0.39 is 10.8 Å². The Morgan fingerprint density at radius 1 is 1.27 bits per heavy atom. The van der Waals surface area contributed by atoms with Gasteiger partial charge in [0.2, 0.25) is 0 Å². The molecule has 2 rings (SSSR count). The minimum atomic E-state index is -1.22. The third kappa shape index (κ3) is 2.50. The van der Waals surface area contributed by atoms with Crippen LogP contribution in [-0.2, 0) is 16.6 Å². The third-order valence-electron chi connectivity index (χ3n) is 1.84. The van der Waals surface area contributed by atoms with E-state index in [1.54, 1.807) is 6.07 Å². The van der Waals surface area contributed by atoms with E-state index in [0.717, 1.165) is 0 Å². The molecule has 1 unspecified atom stereocenters. The van der Waals surface area contributed by atoms with Crippen molar-refractivity contribution in [2.24, 2.45) is 0 Å². The number of aromatic nitrogens is 1. The van der Waals surface area contributed by atoms with Crippen LogP contribution in [0.3, 0.4) is 0 Å². The minimum Gasteiger partial charge on any atom is -0.360 e. The van der Waals surface area contributed by atoms with Crippen LogP contribution in [0.25, 0.3) is 0 Å². The molecular weight excluding hydrogens is 217 g/mol. The largest absolute Gasteiger partial charge is 0.360 e. The van der Waals surface area contributed by atoms with Crippen LogP contribution in [0.4, 0.5) is 4.39 Å². The van der Waals surface area contributed by atoms with Crippen molar-refractivity contribution in [1.82, 2.24) is 5.16 Å². The molecule has 1 aromatic heterocycles. The molecule has 15 heavy (non-hydrogen) atoms. The van der Waals surface area contributed by atoms with Crippen molar-refractivity contribution >= 4 is 10.8 Å². The van der Waals surface area contributed by atoms with Gasteiger partial charge in [-0.2, -0.15) is 0 Å². The molecule has 5 heteroatoms. The van der Waals surface area contributed by atoms with Gasteiger partial charge >= 0.3 is 0 Å². The predicted octanol–water partition coefficient (Wildman–Crippen LogP) is 2.12. The molecule has 0 N–H and O–H groups in total. The third-order valence-corrected chi connectivity index (χ3v) is 3.19. The van der Waals surface area contributed by atoms with Crippen LogP contribution >= 0.6 is 0 Å². The Kier molecular flexibility index (Phi) is 2.91. The highest BCUT2D eigenvalue weighted by atomic mass is 32.2. The van der Waals surface area contributed by atoms with Crippen molar-refractivity contribution in [3.63, 3.8) is 0 Å². The van der Waals surface area contributed by atoms with Crippen LogP contribution in [0.15, 0.2) is 45.9 Å². The fourth-order valence-electron chi connectivity index (χ4n) is 1.12. The predicted molar refractivity (Wildman–Crippen MR) is 53.0 cm³/mol. The van der Waals surface area contributed by atoms with Crippen molar-refractivity contribution in [3.8, 4) is 0 Å². The molecule has 0 amide bonds. The molecule has 1 aromatic carbocycles. The van der Waals surface area contributed by atoms with Gasteiger partial charge in [0.15, 0.2) is 0 Å². The van der Waals surface area contributed by atoms with E-state index in [4.69, 9.17) is 4.52 Å². The summed E-state index contributed by atoms with van der Waals surface area (Å²) >= 11 is 0. The highest BCUT2D eigenvalue weighted by Crippen LogP contribution is 2.12. The maximum atomic E-state index is 12.6. The Balaban J connectivity index is 2.11. The summed E-state index contributed by atoms with van der Waals surface area (Å²) in [4.78, 5) is 0.577. The molecule has 0 spiro atoms. The molecule has 0 aliphatic rings. The van der Waals surface area contributed by atoms with Crippen molar-refractivity contribution in [1.29, 1.82) is 0 Å². The topological polar surface area (TPSA) is 43.1 Å². The molecule has 0 saturated heterocycles. The van der Waals surface area contributed by atoms with E-state index in [2.05, 4.69) is 5.16 Å². The number of benzene rings is 1. The first-order valence-electron chi connectivity index (χ1n) is 4.29. The Labute approximate surface area is 88.4 Å². The van der Waals surface area contributed by atoms with Gasteiger partial charge in [-0.3, -0.25) is 4.21 Å². The lowest BCUT2D eigenvalue weighted by atomic mass is 10.4. The van der Waals surface area contributed by atoms with Crippen LogP contribution < -0.4 is 0 Å². The van der Waals surface area contributed by atoms with Gasteiger partial charge in [-0.05, 0) is 24.3 Å². The standard InChI is InChI=1S/C10H8FNO2S/c11-8-1-3-10(4-2-8)15(13)7-9-5-6-12-14-9/h1-6H,7H2.